The Morgan fingerprint density at radius 1 is 1.42 bits per heavy atom. The van der Waals surface area contributed by atoms with Gasteiger partial charge in [0.2, 0.25) is 0 Å². The third kappa shape index (κ3) is 2.34. The molecule has 12 heavy (non-hydrogen) atoms. The highest BCUT2D eigenvalue weighted by Gasteiger charge is 1.99. The summed E-state index contributed by atoms with van der Waals surface area (Å²) in [6, 6.07) is 4.23. The lowest BCUT2D eigenvalue weighted by Gasteiger charge is -2.05. The molecule has 0 amide bonds. The van der Waals surface area contributed by atoms with E-state index in [1.807, 2.05) is 26.0 Å². The van der Waals surface area contributed by atoms with Crippen molar-refractivity contribution in [2.24, 2.45) is 5.10 Å². The summed E-state index contributed by atoms with van der Waals surface area (Å²) in [5, 5.41) is 6.15. The Morgan fingerprint density at radius 3 is 2.50 bits per heavy atom. The third-order valence-electron chi connectivity index (χ3n) is 1.45. The molecule has 0 saturated heterocycles. The van der Waals surface area contributed by atoms with Crippen molar-refractivity contribution in [3.8, 4) is 0 Å². The highest BCUT2D eigenvalue weighted by atomic mass is 32.1. The Hall–Kier alpha value is -0.830. The molecular formula is C9H14N2S. The van der Waals surface area contributed by atoms with Crippen LogP contribution < -0.4 is 0 Å². The van der Waals surface area contributed by atoms with E-state index in [4.69, 9.17) is 0 Å². The van der Waals surface area contributed by atoms with Gasteiger partial charge in [0.1, 0.15) is 0 Å². The fourth-order valence-electron chi connectivity index (χ4n) is 0.978. The average Bonchev–Trinajstić information content (AvgIpc) is 2.34. The van der Waals surface area contributed by atoms with E-state index in [2.05, 4.69) is 24.2 Å². The summed E-state index contributed by atoms with van der Waals surface area (Å²) >= 11 is 1.78. The maximum atomic E-state index is 4.32. The monoisotopic (exact) mass is 182 g/mol. The maximum Gasteiger partial charge on any atom is 0.0746 e. The van der Waals surface area contributed by atoms with E-state index in [9.17, 15) is 0 Å². The largest absolute Gasteiger partial charge is 0.303 e. The molecule has 66 valence electrons. The van der Waals surface area contributed by atoms with Gasteiger partial charge < -0.3 is 5.01 Å². The molecule has 0 spiro atoms. The number of hydrogen-bond donors (Lipinski definition) is 0. The number of thiophene rings is 1. The van der Waals surface area contributed by atoms with Gasteiger partial charge in [0, 0.05) is 19.0 Å². The molecule has 0 aromatic carbocycles. The van der Waals surface area contributed by atoms with Crippen molar-refractivity contribution in [3.05, 3.63) is 21.9 Å². The molecule has 0 atom stereocenters. The van der Waals surface area contributed by atoms with Crippen LogP contribution in [0.5, 0.6) is 0 Å². The zero-order valence-electron chi connectivity index (χ0n) is 7.96. The number of hydrogen-bond acceptors (Lipinski definition) is 3. The number of nitrogens with zero attached hydrogens (tertiary/aromatic N) is 2. The normalized spacial score (nSPS) is 11.8. The standard InChI is InChI=1S/C9H14N2S/c1-7-5-6-9(12-7)8(2)10-11(3)4/h5-6H,1-4H3/b10-8-. The van der Waals surface area contributed by atoms with E-state index in [1.54, 1.807) is 11.3 Å². The van der Waals surface area contributed by atoms with Crippen LogP contribution in [0.4, 0.5) is 0 Å². The lowest BCUT2D eigenvalue weighted by atomic mass is 10.3. The fourth-order valence-corrected chi connectivity index (χ4v) is 1.79. The minimum Gasteiger partial charge on any atom is -0.303 e. The quantitative estimate of drug-likeness (QED) is 0.506. The second-order valence-electron chi connectivity index (χ2n) is 2.94. The lowest BCUT2D eigenvalue weighted by Crippen LogP contribution is -2.06. The van der Waals surface area contributed by atoms with Crippen molar-refractivity contribution < 1.29 is 0 Å². The molecule has 0 bridgehead atoms. The lowest BCUT2D eigenvalue weighted by molar-refractivity contribution is 0.438. The van der Waals surface area contributed by atoms with E-state index >= 15 is 0 Å². The Morgan fingerprint density at radius 2 is 2.08 bits per heavy atom. The van der Waals surface area contributed by atoms with E-state index in [-0.39, 0.29) is 0 Å². The van der Waals surface area contributed by atoms with Crippen molar-refractivity contribution in [2.45, 2.75) is 13.8 Å². The van der Waals surface area contributed by atoms with Crippen LogP contribution in [0.2, 0.25) is 0 Å². The van der Waals surface area contributed by atoms with Gasteiger partial charge in [0.15, 0.2) is 0 Å². The molecule has 0 aliphatic carbocycles. The van der Waals surface area contributed by atoms with Crippen LogP contribution in [0.1, 0.15) is 16.7 Å². The number of aryl methyl sites for hydroxylation is 1. The molecule has 2 nitrogen and oxygen atoms in total. The zero-order chi connectivity index (χ0) is 9.14. The van der Waals surface area contributed by atoms with Gasteiger partial charge in [-0.2, -0.15) is 5.10 Å². The molecule has 0 fully saturated rings. The van der Waals surface area contributed by atoms with Gasteiger partial charge in [0.25, 0.3) is 0 Å². The maximum absolute atomic E-state index is 4.32. The predicted molar refractivity (Wildman–Crippen MR) is 55.0 cm³/mol. The van der Waals surface area contributed by atoms with Crippen molar-refractivity contribution in [1.29, 1.82) is 0 Å². The van der Waals surface area contributed by atoms with E-state index in [0.717, 1.165) is 5.71 Å². The predicted octanol–water partition coefficient (Wildman–Crippen LogP) is 2.34. The van der Waals surface area contributed by atoms with Crippen molar-refractivity contribution in [3.63, 3.8) is 0 Å². The Balaban J connectivity index is 2.84. The van der Waals surface area contributed by atoms with E-state index in [0.29, 0.717) is 0 Å². The van der Waals surface area contributed by atoms with Crippen LogP contribution in [0.15, 0.2) is 17.2 Å². The van der Waals surface area contributed by atoms with E-state index < -0.39 is 0 Å². The van der Waals surface area contributed by atoms with Gasteiger partial charge in [-0.1, -0.05) is 0 Å². The van der Waals surface area contributed by atoms with Gasteiger partial charge in [-0.3, -0.25) is 0 Å². The van der Waals surface area contributed by atoms with E-state index in [1.165, 1.54) is 9.75 Å². The fraction of sp³-hybridized carbons (Fsp3) is 0.444. The molecule has 3 heteroatoms. The molecule has 0 aliphatic rings. The minimum absolute atomic E-state index is 1.08. The number of rotatable bonds is 2. The zero-order valence-corrected chi connectivity index (χ0v) is 8.77. The molecule has 0 saturated carbocycles. The first-order chi connectivity index (χ1) is 5.59. The molecule has 0 N–H and O–H groups in total. The minimum atomic E-state index is 1.08. The van der Waals surface area contributed by atoms with Crippen LogP contribution >= 0.6 is 11.3 Å². The summed E-state index contributed by atoms with van der Waals surface area (Å²) in [6.07, 6.45) is 0. The summed E-state index contributed by atoms with van der Waals surface area (Å²) in [5.74, 6) is 0. The summed E-state index contributed by atoms with van der Waals surface area (Å²) in [7, 11) is 3.87. The molecule has 0 radical (unpaired) electrons. The Bertz CT molecular complexity index is 286. The first-order valence-corrected chi connectivity index (χ1v) is 4.70. The number of hydrazone groups is 1. The SMILES string of the molecule is C/C(=N/N(C)C)c1ccc(C)s1. The van der Waals surface area contributed by atoms with Crippen molar-refractivity contribution in [2.75, 3.05) is 14.1 Å². The molecule has 0 unspecified atom stereocenters. The Kier molecular flexibility index (Phi) is 2.87. The van der Waals surface area contributed by atoms with Crippen LogP contribution in [-0.4, -0.2) is 24.8 Å². The molecule has 1 heterocycles. The van der Waals surface area contributed by atoms with Gasteiger partial charge in [-0.05, 0) is 26.0 Å². The average molecular weight is 182 g/mol. The van der Waals surface area contributed by atoms with Crippen LogP contribution in [-0.2, 0) is 0 Å². The molecule has 1 aromatic heterocycles. The molecule has 1 aromatic rings. The molecule has 0 aliphatic heterocycles. The first kappa shape index (κ1) is 9.26. The van der Waals surface area contributed by atoms with Gasteiger partial charge in [0.05, 0.1) is 10.6 Å². The van der Waals surface area contributed by atoms with Gasteiger partial charge in [-0.15, -0.1) is 11.3 Å². The summed E-state index contributed by atoms with van der Waals surface area (Å²) < 4.78 is 0. The summed E-state index contributed by atoms with van der Waals surface area (Å²) in [6.45, 7) is 4.14. The Labute approximate surface area is 77.5 Å². The van der Waals surface area contributed by atoms with Gasteiger partial charge in [-0.25, -0.2) is 0 Å². The second kappa shape index (κ2) is 3.72. The first-order valence-electron chi connectivity index (χ1n) is 3.89. The van der Waals surface area contributed by atoms with Crippen molar-refractivity contribution in [1.82, 2.24) is 5.01 Å². The van der Waals surface area contributed by atoms with Crippen LogP contribution in [0.25, 0.3) is 0 Å². The molecule has 1 rings (SSSR count). The smallest absolute Gasteiger partial charge is 0.0746 e. The second-order valence-corrected chi connectivity index (χ2v) is 4.23. The molecular weight excluding hydrogens is 168 g/mol. The topological polar surface area (TPSA) is 15.6 Å². The van der Waals surface area contributed by atoms with Gasteiger partial charge >= 0.3 is 0 Å². The summed E-state index contributed by atoms with van der Waals surface area (Å²) in [4.78, 5) is 2.58. The highest BCUT2D eigenvalue weighted by Crippen LogP contribution is 2.15. The van der Waals surface area contributed by atoms with Crippen LogP contribution in [0.3, 0.4) is 0 Å². The highest BCUT2D eigenvalue weighted by molar-refractivity contribution is 7.14. The van der Waals surface area contributed by atoms with Crippen molar-refractivity contribution >= 4 is 17.0 Å². The third-order valence-corrected chi connectivity index (χ3v) is 2.56. The van der Waals surface area contributed by atoms with Crippen LogP contribution in [0, 0.1) is 6.92 Å². The summed E-state index contributed by atoms with van der Waals surface area (Å²) in [5.41, 5.74) is 1.08.